The molecule has 0 bridgehead atoms. The van der Waals surface area contributed by atoms with Gasteiger partial charge in [-0.3, -0.25) is 4.79 Å². The average Bonchev–Trinajstić information content (AvgIpc) is 2.53. The van der Waals surface area contributed by atoms with Crippen molar-refractivity contribution in [1.29, 1.82) is 5.26 Å². The Labute approximate surface area is 142 Å². The number of nitrogens with zero attached hydrogens (tertiary/aromatic N) is 2. The predicted octanol–water partition coefficient (Wildman–Crippen LogP) is 2.45. The minimum atomic E-state index is -4.97. The Hall–Kier alpha value is -2.12. The summed E-state index contributed by atoms with van der Waals surface area (Å²) in [6.45, 7) is 1.13. The van der Waals surface area contributed by atoms with Gasteiger partial charge in [0.05, 0.1) is 28.0 Å². The van der Waals surface area contributed by atoms with Crippen LogP contribution in [-0.2, 0) is 21.0 Å². The molecular weight excluding hydrogens is 361 g/mol. The number of hydrogen-bond acceptors (Lipinski definition) is 4. The summed E-state index contributed by atoms with van der Waals surface area (Å²) in [5, 5.41) is 17.9. The molecule has 2 unspecified atom stereocenters. The van der Waals surface area contributed by atoms with Crippen LogP contribution in [0.5, 0.6) is 0 Å². The molecule has 2 rings (SSSR count). The van der Waals surface area contributed by atoms with Gasteiger partial charge in [-0.05, 0) is 38.0 Å². The van der Waals surface area contributed by atoms with Gasteiger partial charge in [-0.2, -0.15) is 22.7 Å². The van der Waals surface area contributed by atoms with Gasteiger partial charge in [0.25, 0.3) is 0 Å². The van der Waals surface area contributed by atoms with Crippen molar-refractivity contribution in [1.82, 2.24) is 4.31 Å². The van der Waals surface area contributed by atoms with Crippen LogP contribution in [0.25, 0.3) is 0 Å². The molecule has 1 aliphatic heterocycles. The summed E-state index contributed by atoms with van der Waals surface area (Å²) in [4.78, 5) is 10.2. The Morgan fingerprint density at radius 1 is 1.36 bits per heavy atom. The largest absolute Gasteiger partial charge is 0.481 e. The topological polar surface area (TPSA) is 98.5 Å². The molecule has 0 aliphatic carbocycles. The van der Waals surface area contributed by atoms with E-state index in [1.165, 1.54) is 6.92 Å². The van der Waals surface area contributed by atoms with Gasteiger partial charge in [-0.25, -0.2) is 8.42 Å². The van der Waals surface area contributed by atoms with Gasteiger partial charge in [0.15, 0.2) is 0 Å². The molecule has 0 saturated carbocycles. The van der Waals surface area contributed by atoms with E-state index in [-0.39, 0.29) is 18.4 Å². The Bertz CT molecular complexity index is 830. The lowest BCUT2D eigenvalue weighted by molar-refractivity contribution is -0.143. The molecular formula is C15H15F3N2O4S. The molecule has 0 spiro atoms. The first-order valence-electron chi connectivity index (χ1n) is 7.34. The number of hydrogen-bond donors (Lipinski definition) is 1. The lowest BCUT2D eigenvalue weighted by Gasteiger charge is -2.35. The Morgan fingerprint density at radius 2 is 2.00 bits per heavy atom. The van der Waals surface area contributed by atoms with Crippen molar-refractivity contribution in [2.24, 2.45) is 5.92 Å². The number of carboxylic acids is 1. The van der Waals surface area contributed by atoms with Gasteiger partial charge in [-0.1, -0.05) is 0 Å². The maximum Gasteiger partial charge on any atom is 0.417 e. The zero-order valence-electron chi connectivity index (χ0n) is 13.1. The van der Waals surface area contributed by atoms with Crippen molar-refractivity contribution in [3.63, 3.8) is 0 Å². The van der Waals surface area contributed by atoms with Crippen LogP contribution >= 0.6 is 0 Å². The highest BCUT2D eigenvalue weighted by Gasteiger charge is 2.43. The number of carbonyl (C=O) groups is 1. The number of sulfonamides is 1. The van der Waals surface area contributed by atoms with E-state index in [0.29, 0.717) is 6.07 Å². The lowest BCUT2D eigenvalue weighted by Crippen LogP contribution is -2.47. The number of rotatable bonds is 3. The zero-order chi connectivity index (χ0) is 19.0. The van der Waals surface area contributed by atoms with Crippen molar-refractivity contribution in [3.8, 4) is 6.07 Å². The summed E-state index contributed by atoms with van der Waals surface area (Å²) in [6.07, 6.45) is -4.49. The van der Waals surface area contributed by atoms with Crippen molar-refractivity contribution >= 4 is 16.0 Å². The van der Waals surface area contributed by atoms with Crippen LogP contribution in [0.3, 0.4) is 0 Å². The SMILES string of the molecule is CC1CCC(C(=O)O)CN1S(=O)(=O)c1ccc(C#N)cc1C(F)(F)F. The molecule has 1 aliphatic rings. The maximum atomic E-state index is 13.3. The van der Waals surface area contributed by atoms with Crippen molar-refractivity contribution in [2.45, 2.75) is 36.9 Å². The normalized spacial score (nSPS) is 22.4. The monoisotopic (exact) mass is 376 g/mol. The zero-order valence-corrected chi connectivity index (χ0v) is 13.9. The van der Waals surface area contributed by atoms with Crippen LogP contribution in [0.4, 0.5) is 13.2 Å². The molecule has 1 heterocycles. The van der Waals surface area contributed by atoms with Crippen LogP contribution < -0.4 is 0 Å². The van der Waals surface area contributed by atoms with E-state index in [2.05, 4.69) is 0 Å². The third-order valence-corrected chi connectivity index (χ3v) is 6.21. The number of alkyl halides is 3. The van der Waals surface area contributed by atoms with Gasteiger partial charge in [0, 0.05) is 12.6 Å². The summed E-state index contributed by atoms with van der Waals surface area (Å²) < 4.78 is 66.2. The Balaban J connectivity index is 2.56. The van der Waals surface area contributed by atoms with Gasteiger partial charge < -0.3 is 5.11 Å². The van der Waals surface area contributed by atoms with E-state index in [1.807, 2.05) is 0 Å². The third kappa shape index (κ3) is 3.77. The van der Waals surface area contributed by atoms with E-state index < -0.39 is 51.1 Å². The summed E-state index contributed by atoms with van der Waals surface area (Å²) in [5.41, 5.74) is -1.75. The summed E-state index contributed by atoms with van der Waals surface area (Å²) in [6, 6.07) is 3.13. The highest BCUT2D eigenvalue weighted by molar-refractivity contribution is 7.89. The molecule has 6 nitrogen and oxygen atoms in total. The number of carboxylic acid groups (broad SMARTS) is 1. The second-order valence-corrected chi connectivity index (χ2v) is 7.72. The summed E-state index contributed by atoms with van der Waals surface area (Å²) >= 11 is 0. The molecule has 1 N–H and O–H groups in total. The number of aliphatic carboxylic acids is 1. The molecule has 1 aromatic carbocycles. The molecule has 0 amide bonds. The van der Waals surface area contributed by atoms with Gasteiger partial charge in [0.1, 0.15) is 0 Å². The first-order chi connectivity index (χ1) is 11.5. The Morgan fingerprint density at radius 3 is 2.52 bits per heavy atom. The van der Waals surface area contributed by atoms with Crippen molar-refractivity contribution < 1.29 is 31.5 Å². The number of nitriles is 1. The van der Waals surface area contributed by atoms with E-state index in [1.54, 1.807) is 6.07 Å². The number of benzene rings is 1. The number of piperidine rings is 1. The molecule has 2 atom stereocenters. The van der Waals surface area contributed by atoms with E-state index in [4.69, 9.17) is 10.4 Å². The van der Waals surface area contributed by atoms with Crippen LogP contribution in [0, 0.1) is 17.2 Å². The highest BCUT2D eigenvalue weighted by Crippen LogP contribution is 2.37. The molecule has 25 heavy (non-hydrogen) atoms. The van der Waals surface area contributed by atoms with Crippen LogP contribution in [-0.4, -0.2) is 36.4 Å². The Kier molecular flexibility index (Phi) is 5.11. The predicted molar refractivity (Wildman–Crippen MR) is 79.9 cm³/mol. The highest BCUT2D eigenvalue weighted by atomic mass is 32.2. The first kappa shape index (κ1) is 19.2. The maximum absolute atomic E-state index is 13.3. The average molecular weight is 376 g/mol. The molecule has 1 aromatic rings. The second-order valence-electron chi connectivity index (χ2n) is 5.86. The minimum absolute atomic E-state index is 0.230. The fourth-order valence-corrected chi connectivity index (χ4v) is 4.68. The molecule has 0 radical (unpaired) electrons. The first-order valence-corrected chi connectivity index (χ1v) is 8.78. The van der Waals surface area contributed by atoms with E-state index in [9.17, 15) is 26.4 Å². The quantitative estimate of drug-likeness (QED) is 0.874. The van der Waals surface area contributed by atoms with E-state index >= 15 is 0 Å². The standard InChI is InChI=1S/C15H15F3N2O4S/c1-9-2-4-11(14(21)22)8-20(9)25(23,24)13-5-3-10(7-19)6-12(13)15(16,17)18/h3,5-6,9,11H,2,4,8H2,1H3,(H,21,22). The minimum Gasteiger partial charge on any atom is -0.481 e. The van der Waals surface area contributed by atoms with E-state index in [0.717, 1.165) is 16.4 Å². The summed E-state index contributed by atoms with van der Waals surface area (Å²) in [7, 11) is -4.58. The number of halogens is 3. The fraction of sp³-hybridized carbons (Fsp3) is 0.467. The molecule has 10 heteroatoms. The molecule has 136 valence electrons. The van der Waals surface area contributed by atoms with Gasteiger partial charge in [-0.15, -0.1) is 0 Å². The molecule has 1 fully saturated rings. The van der Waals surface area contributed by atoms with Gasteiger partial charge in [0.2, 0.25) is 10.0 Å². The summed E-state index contributed by atoms with van der Waals surface area (Å²) in [5.74, 6) is -2.17. The smallest absolute Gasteiger partial charge is 0.417 e. The van der Waals surface area contributed by atoms with Gasteiger partial charge >= 0.3 is 12.1 Å². The lowest BCUT2D eigenvalue weighted by atomic mass is 9.96. The van der Waals surface area contributed by atoms with Crippen molar-refractivity contribution in [3.05, 3.63) is 29.3 Å². The third-order valence-electron chi connectivity index (χ3n) is 4.17. The second kappa shape index (κ2) is 6.65. The fourth-order valence-electron chi connectivity index (χ4n) is 2.78. The van der Waals surface area contributed by atoms with Crippen molar-refractivity contribution in [2.75, 3.05) is 6.54 Å². The van der Waals surface area contributed by atoms with Crippen LogP contribution in [0.15, 0.2) is 23.1 Å². The van der Waals surface area contributed by atoms with Crippen LogP contribution in [0.2, 0.25) is 0 Å². The molecule has 0 aromatic heterocycles. The molecule has 1 saturated heterocycles. The van der Waals surface area contributed by atoms with Crippen LogP contribution in [0.1, 0.15) is 30.9 Å².